The van der Waals surface area contributed by atoms with E-state index in [1.54, 1.807) is 6.07 Å². The molecule has 0 aliphatic carbocycles. The Balaban J connectivity index is 2.43. The first-order chi connectivity index (χ1) is 9.42. The van der Waals surface area contributed by atoms with Crippen LogP contribution in [0.4, 0.5) is 24.5 Å². The zero-order valence-electron chi connectivity index (χ0n) is 9.65. The number of rotatable bonds is 2. The molecule has 0 aliphatic heterocycles. The lowest BCUT2D eigenvalue weighted by atomic mass is 10.2. The molecule has 1 N–H and O–H groups in total. The predicted octanol–water partition coefficient (Wildman–Crippen LogP) is 5.03. The summed E-state index contributed by atoms with van der Waals surface area (Å²) in [7, 11) is 0. The van der Waals surface area contributed by atoms with Crippen LogP contribution in [0.5, 0.6) is 0 Å². The Bertz CT molecular complexity index is 680. The lowest BCUT2D eigenvalue weighted by molar-refractivity contribution is 0.590. The van der Waals surface area contributed by atoms with Gasteiger partial charge in [-0.25, -0.2) is 13.2 Å². The summed E-state index contributed by atoms with van der Waals surface area (Å²) < 4.78 is 40.6. The van der Waals surface area contributed by atoms with Crippen LogP contribution in [0.1, 0.15) is 5.56 Å². The maximum absolute atomic E-state index is 13.7. The minimum absolute atomic E-state index is 0.115. The zero-order chi connectivity index (χ0) is 14.9. The van der Waals surface area contributed by atoms with Gasteiger partial charge in [0.1, 0.15) is 5.69 Å². The van der Waals surface area contributed by atoms with Crippen molar-refractivity contribution in [2.45, 2.75) is 0 Å². The number of nitrogens with one attached hydrogen (secondary N) is 1. The second kappa shape index (κ2) is 5.61. The first-order valence-corrected chi connectivity index (χ1v) is 5.98. The normalized spacial score (nSPS) is 10.2. The van der Waals surface area contributed by atoms with Gasteiger partial charge in [-0.1, -0.05) is 23.2 Å². The number of anilines is 2. The second-order valence-electron chi connectivity index (χ2n) is 3.81. The summed E-state index contributed by atoms with van der Waals surface area (Å²) in [5.74, 6) is -2.74. The molecule has 0 fully saturated rings. The van der Waals surface area contributed by atoms with Crippen molar-refractivity contribution in [3.8, 4) is 6.07 Å². The van der Waals surface area contributed by atoms with Gasteiger partial charge in [0.15, 0.2) is 17.5 Å². The molecule has 0 aliphatic rings. The van der Waals surface area contributed by atoms with Gasteiger partial charge in [0, 0.05) is 5.69 Å². The van der Waals surface area contributed by atoms with Crippen LogP contribution in [-0.4, -0.2) is 0 Å². The summed E-state index contributed by atoms with van der Waals surface area (Å²) in [5, 5.41) is 10.4. The monoisotopic (exact) mass is 316 g/mol. The summed E-state index contributed by atoms with van der Waals surface area (Å²) in [5.41, 5.74) is -0.521. The fourth-order valence-corrected chi connectivity index (χ4v) is 2.02. The number of halogens is 5. The van der Waals surface area contributed by atoms with Gasteiger partial charge in [-0.3, -0.25) is 0 Å². The zero-order valence-corrected chi connectivity index (χ0v) is 11.2. The maximum atomic E-state index is 13.7. The largest absolute Gasteiger partial charge is 0.351 e. The highest BCUT2D eigenvalue weighted by Crippen LogP contribution is 2.31. The lowest BCUT2D eigenvalue weighted by Crippen LogP contribution is -1.99. The molecule has 2 nitrogen and oxygen atoms in total. The third-order valence-electron chi connectivity index (χ3n) is 2.42. The molecule has 2 aromatic carbocycles. The van der Waals surface area contributed by atoms with Gasteiger partial charge >= 0.3 is 0 Å². The van der Waals surface area contributed by atoms with Crippen molar-refractivity contribution in [1.82, 2.24) is 0 Å². The van der Waals surface area contributed by atoms with Crippen molar-refractivity contribution in [3.63, 3.8) is 0 Å². The summed E-state index contributed by atoms with van der Waals surface area (Å²) >= 11 is 11.2. The van der Waals surface area contributed by atoms with Crippen molar-refractivity contribution in [2.75, 3.05) is 5.32 Å². The van der Waals surface area contributed by atoms with Gasteiger partial charge in [-0.2, -0.15) is 5.26 Å². The van der Waals surface area contributed by atoms with Crippen LogP contribution in [-0.2, 0) is 0 Å². The van der Waals surface area contributed by atoms with Crippen LogP contribution in [0.3, 0.4) is 0 Å². The van der Waals surface area contributed by atoms with E-state index in [4.69, 9.17) is 28.5 Å². The van der Waals surface area contributed by atoms with Crippen LogP contribution < -0.4 is 5.32 Å². The fraction of sp³-hybridized carbons (Fsp3) is 0. The molecule has 0 saturated carbocycles. The third kappa shape index (κ3) is 2.82. The summed E-state index contributed by atoms with van der Waals surface area (Å²) in [4.78, 5) is 0. The number of hydrogen-bond acceptors (Lipinski definition) is 2. The third-order valence-corrected chi connectivity index (χ3v) is 2.97. The highest BCUT2D eigenvalue weighted by Gasteiger charge is 2.13. The Morgan fingerprint density at radius 1 is 0.950 bits per heavy atom. The summed E-state index contributed by atoms with van der Waals surface area (Å²) in [6, 6.07) is 5.65. The second-order valence-corrected chi connectivity index (χ2v) is 4.62. The van der Waals surface area contributed by atoms with Crippen LogP contribution in [0.2, 0.25) is 10.0 Å². The minimum atomic E-state index is -0.960. The SMILES string of the molecule is N#Cc1cc(F)c(Nc2cc(Cl)c(F)c(Cl)c2)c(F)c1. The smallest absolute Gasteiger partial charge is 0.160 e. The van der Waals surface area contributed by atoms with Crippen molar-refractivity contribution in [3.05, 3.63) is 57.3 Å². The minimum Gasteiger partial charge on any atom is -0.351 e. The van der Waals surface area contributed by atoms with E-state index < -0.39 is 23.1 Å². The molecule has 0 bridgehead atoms. The average Bonchev–Trinajstić information content (AvgIpc) is 2.39. The van der Waals surface area contributed by atoms with Crippen LogP contribution in [0.25, 0.3) is 0 Å². The van der Waals surface area contributed by atoms with E-state index >= 15 is 0 Å². The summed E-state index contributed by atoms with van der Waals surface area (Å²) in [6.07, 6.45) is 0. The molecule has 0 saturated heterocycles. The molecule has 7 heteroatoms. The Morgan fingerprint density at radius 2 is 1.45 bits per heavy atom. The van der Waals surface area contributed by atoms with Gasteiger partial charge in [0.25, 0.3) is 0 Å². The topological polar surface area (TPSA) is 35.8 Å². The Kier molecular flexibility index (Phi) is 4.07. The molecular formula is C13H5Cl2F3N2. The van der Waals surface area contributed by atoms with E-state index in [-0.39, 0.29) is 21.3 Å². The Labute approximate surface area is 122 Å². The number of nitrogens with zero attached hydrogens (tertiary/aromatic N) is 1. The molecule has 102 valence electrons. The molecule has 0 amide bonds. The molecule has 2 aromatic rings. The first kappa shape index (κ1) is 14.5. The lowest BCUT2D eigenvalue weighted by Gasteiger charge is -2.10. The van der Waals surface area contributed by atoms with E-state index in [2.05, 4.69) is 5.32 Å². The number of nitriles is 1. The van der Waals surface area contributed by atoms with Crippen molar-refractivity contribution in [2.24, 2.45) is 0 Å². The van der Waals surface area contributed by atoms with E-state index in [9.17, 15) is 13.2 Å². The van der Waals surface area contributed by atoms with Gasteiger partial charge in [-0.15, -0.1) is 0 Å². The molecular weight excluding hydrogens is 312 g/mol. The highest BCUT2D eigenvalue weighted by atomic mass is 35.5. The Morgan fingerprint density at radius 3 is 1.90 bits per heavy atom. The molecule has 2 rings (SSSR count). The predicted molar refractivity (Wildman–Crippen MR) is 70.8 cm³/mol. The average molecular weight is 317 g/mol. The van der Waals surface area contributed by atoms with Crippen LogP contribution in [0, 0.1) is 28.8 Å². The van der Waals surface area contributed by atoms with E-state index in [1.165, 1.54) is 0 Å². The Hall–Kier alpha value is -1.90. The summed E-state index contributed by atoms with van der Waals surface area (Å²) in [6.45, 7) is 0. The molecule has 20 heavy (non-hydrogen) atoms. The van der Waals surface area contributed by atoms with E-state index in [0.29, 0.717) is 0 Å². The fourth-order valence-electron chi connectivity index (χ4n) is 1.53. The van der Waals surface area contributed by atoms with Gasteiger partial charge in [-0.05, 0) is 24.3 Å². The quantitative estimate of drug-likeness (QED) is 0.789. The first-order valence-electron chi connectivity index (χ1n) is 5.23. The van der Waals surface area contributed by atoms with E-state index in [0.717, 1.165) is 24.3 Å². The standard InChI is InChI=1S/C13H5Cl2F3N2/c14-8-3-7(4-9(15)12(8)18)20-13-10(16)1-6(5-19)2-11(13)17/h1-4,20H. The number of hydrogen-bond donors (Lipinski definition) is 1. The maximum Gasteiger partial charge on any atom is 0.160 e. The molecule has 0 aromatic heterocycles. The molecule has 0 atom stereocenters. The van der Waals surface area contributed by atoms with Gasteiger partial charge in [0.2, 0.25) is 0 Å². The van der Waals surface area contributed by atoms with Gasteiger partial charge in [0.05, 0.1) is 21.7 Å². The van der Waals surface area contributed by atoms with E-state index in [1.807, 2.05) is 0 Å². The highest BCUT2D eigenvalue weighted by molar-refractivity contribution is 6.35. The van der Waals surface area contributed by atoms with Crippen molar-refractivity contribution < 1.29 is 13.2 Å². The van der Waals surface area contributed by atoms with Crippen molar-refractivity contribution >= 4 is 34.6 Å². The molecule has 0 heterocycles. The van der Waals surface area contributed by atoms with Crippen molar-refractivity contribution in [1.29, 1.82) is 5.26 Å². The van der Waals surface area contributed by atoms with Gasteiger partial charge < -0.3 is 5.32 Å². The van der Waals surface area contributed by atoms with Crippen LogP contribution in [0.15, 0.2) is 24.3 Å². The van der Waals surface area contributed by atoms with Crippen LogP contribution >= 0.6 is 23.2 Å². The molecule has 0 spiro atoms. The number of benzene rings is 2. The molecule has 0 radical (unpaired) electrons. The molecule has 0 unspecified atom stereocenters.